The molecule has 2 atom stereocenters. The Labute approximate surface area is 245 Å². The lowest BCUT2D eigenvalue weighted by Gasteiger charge is -2.28. The minimum Gasteiger partial charge on any atom is -0.481 e. The van der Waals surface area contributed by atoms with Crippen molar-refractivity contribution in [2.24, 2.45) is 11.8 Å². The molecule has 2 unspecified atom stereocenters. The molecule has 3 nitrogen and oxygen atoms in total. The van der Waals surface area contributed by atoms with Gasteiger partial charge in [-0.2, -0.15) is 0 Å². The van der Waals surface area contributed by atoms with Crippen molar-refractivity contribution in [3.05, 3.63) is 0 Å². The van der Waals surface area contributed by atoms with Gasteiger partial charge in [0.1, 0.15) is 0 Å². The third-order valence-corrected chi connectivity index (χ3v) is 8.97. The highest BCUT2D eigenvalue weighted by atomic mass is 16.4. The lowest BCUT2D eigenvalue weighted by atomic mass is 9.78. The summed E-state index contributed by atoms with van der Waals surface area (Å²) >= 11 is 0. The summed E-state index contributed by atoms with van der Waals surface area (Å²) in [5, 5.41) is 17.8. The summed E-state index contributed by atoms with van der Waals surface area (Å²) in [6.45, 7) is 4.97. The molecule has 0 aromatic carbocycles. The van der Waals surface area contributed by atoms with Crippen LogP contribution < -0.4 is 0 Å². The van der Waals surface area contributed by atoms with Crippen LogP contribution >= 0.6 is 0 Å². The fourth-order valence-corrected chi connectivity index (χ4v) is 6.40. The van der Waals surface area contributed by atoms with Gasteiger partial charge in [0.2, 0.25) is 0 Å². The molecule has 0 bridgehead atoms. The Balaban J connectivity index is 4.70. The Morgan fingerprint density at radius 3 is 1.03 bits per heavy atom. The van der Waals surface area contributed by atoms with Gasteiger partial charge in [-0.1, -0.05) is 187 Å². The van der Waals surface area contributed by atoms with Gasteiger partial charge in [0.05, 0.1) is 0 Å². The summed E-state index contributed by atoms with van der Waals surface area (Å²) in [5.74, 6) is 1.20. The average Bonchev–Trinajstić information content (AvgIpc) is 2.93. The lowest BCUT2D eigenvalue weighted by Crippen LogP contribution is -2.16. The van der Waals surface area contributed by atoms with E-state index >= 15 is 0 Å². The molecule has 0 heterocycles. The summed E-state index contributed by atoms with van der Waals surface area (Å²) < 4.78 is 0. The van der Waals surface area contributed by atoms with Crippen LogP contribution in [0.3, 0.4) is 0 Å². The lowest BCUT2D eigenvalue weighted by molar-refractivity contribution is -0.137. The molecule has 0 spiro atoms. The van der Waals surface area contributed by atoms with E-state index in [-0.39, 0.29) is 0 Å². The largest absolute Gasteiger partial charge is 0.481 e. The third kappa shape index (κ3) is 28.7. The highest BCUT2D eigenvalue weighted by Crippen LogP contribution is 2.33. The SMILES string of the molecule is CCCCCCCCC(CCCCCCCCCO)C(CCCCCCCC)CCCCCCCCC(=O)O. The van der Waals surface area contributed by atoms with Gasteiger partial charge in [-0.05, 0) is 24.7 Å². The first-order valence-electron chi connectivity index (χ1n) is 18.0. The maximum atomic E-state index is 10.7. The molecule has 234 valence electrons. The van der Waals surface area contributed by atoms with Crippen LogP contribution in [0.15, 0.2) is 0 Å². The van der Waals surface area contributed by atoms with Gasteiger partial charge in [-0.25, -0.2) is 0 Å². The number of unbranched alkanes of at least 4 members (excludes halogenated alkanes) is 21. The quantitative estimate of drug-likeness (QED) is 0.0796. The predicted octanol–water partition coefficient (Wildman–Crippen LogP) is 12.0. The molecule has 0 fully saturated rings. The molecule has 0 saturated heterocycles. The molecule has 0 aromatic heterocycles. The van der Waals surface area contributed by atoms with Crippen molar-refractivity contribution >= 4 is 5.97 Å². The van der Waals surface area contributed by atoms with Crippen LogP contribution in [0, 0.1) is 11.8 Å². The van der Waals surface area contributed by atoms with E-state index < -0.39 is 5.97 Å². The van der Waals surface area contributed by atoms with E-state index in [4.69, 9.17) is 10.2 Å². The van der Waals surface area contributed by atoms with Crippen molar-refractivity contribution < 1.29 is 15.0 Å². The van der Waals surface area contributed by atoms with E-state index in [1.54, 1.807) is 0 Å². The number of aliphatic hydroxyl groups is 1. The standard InChI is InChI=1S/C36H72O3/c1-3-5-7-9-16-22-28-34(30-24-18-12-11-15-21-27-33-37)35(29-23-17-10-8-6-4-2)31-25-19-13-14-20-26-32-36(38)39/h34-35,37H,3-33H2,1-2H3,(H,38,39). The molecular weight excluding hydrogens is 480 g/mol. The average molecular weight is 553 g/mol. The molecule has 2 N–H and O–H groups in total. The van der Waals surface area contributed by atoms with Gasteiger partial charge in [-0.15, -0.1) is 0 Å². The molecule has 0 rings (SSSR count). The van der Waals surface area contributed by atoms with Crippen molar-refractivity contribution in [2.45, 2.75) is 206 Å². The maximum absolute atomic E-state index is 10.7. The number of carboxylic acids is 1. The van der Waals surface area contributed by atoms with Crippen molar-refractivity contribution in [3.63, 3.8) is 0 Å². The second-order valence-electron chi connectivity index (χ2n) is 12.7. The second-order valence-corrected chi connectivity index (χ2v) is 12.7. The molecule has 0 aromatic rings. The van der Waals surface area contributed by atoms with Crippen molar-refractivity contribution in [1.29, 1.82) is 0 Å². The van der Waals surface area contributed by atoms with Crippen molar-refractivity contribution in [2.75, 3.05) is 6.61 Å². The van der Waals surface area contributed by atoms with Gasteiger partial charge in [0.25, 0.3) is 0 Å². The van der Waals surface area contributed by atoms with Crippen LogP contribution in [0.4, 0.5) is 0 Å². The molecule has 0 aliphatic heterocycles. The Bertz CT molecular complexity index is 478. The first-order valence-corrected chi connectivity index (χ1v) is 18.0. The van der Waals surface area contributed by atoms with Gasteiger partial charge in [0, 0.05) is 13.0 Å². The highest BCUT2D eigenvalue weighted by molar-refractivity contribution is 5.66. The minimum atomic E-state index is -0.648. The zero-order valence-electron chi connectivity index (χ0n) is 26.9. The first kappa shape index (κ1) is 38.4. The second kappa shape index (κ2) is 32.0. The summed E-state index contributed by atoms with van der Waals surface area (Å²) in [6.07, 6.45) is 39.1. The van der Waals surface area contributed by atoms with Gasteiger partial charge < -0.3 is 10.2 Å². The Morgan fingerprint density at radius 1 is 0.436 bits per heavy atom. The van der Waals surface area contributed by atoms with Crippen LogP contribution in [-0.2, 0) is 4.79 Å². The molecule has 0 saturated carbocycles. The number of carbonyl (C=O) groups is 1. The van der Waals surface area contributed by atoms with E-state index in [2.05, 4.69) is 13.8 Å². The van der Waals surface area contributed by atoms with Gasteiger partial charge in [-0.3, -0.25) is 4.79 Å². The van der Waals surface area contributed by atoms with Crippen LogP contribution in [0.2, 0.25) is 0 Å². The first-order chi connectivity index (χ1) is 19.2. The molecule has 3 heteroatoms. The Hall–Kier alpha value is -0.570. The molecule has 39 heavy (non-hydrogen) atoms. The molecular formula is C36H72O3. The summed E-state index contributed by atoms with van der Waals surface area (Å²) in [4.78, 5) is 10.7. The van der Waals surface area contributed by atoms with E-state index in [9.17, 15) is 4.79 Å². The van der Waals surface area contributed by atoms with Crippen LogP contribution in [0.5, 0.6) is 0 Å². The fourth-order valence-electron chi connectivity index (χ4n) is 6.40. The molecule has 0 aliphatic rings. The maximum Gasteiger partial charge on any atom is 0.303 e. The van der Waals surface area contributed by atoms with Crippen molar-refractivity contribution in [3.8, 4) is 0 Å². The fraction of sp³-hybridized carbons (Fsp3) is 0.972. The number of hydrogen-bond donors (Lipinski definition) is 2. The van der Waals surface area contributed by atoms with E-state index in [1.807, 2.05) is 0 Å². The highest BCUT2D eigenvalue weighted by Gasteiger charge is 2.20. The van der Waals surface area contributed by atoms with E-state index in [1.165, 1.54) is 167 Å². The van der Waals surface area contributed by atoms with Gasteiger partial charge >= 0.3 is 5.97 Å². The number of aliphatic carboxylic acids is 1. The van der Waals surface area contributed by atoms with E-state index in [0.717, 1.165) is 31.1 Å². The molecule has 0 aliphatic carbocycles. The minimum absolute atomic E-state index is 0.336. The summed E-state index contributed by atoms with van der Waals surface area (Å²) in [6, 6.07) is 0. The number of carboxylic acid groups (broad SMARTS) is 1. The number of rotatable bonds is 33. The van der Waals surface area contributed by atoms with Crippen LogP contribution in [0.25, 0.3) is 0 Å². The van der Waals surface area contributed by atoms with Crippen LogP contribution in [0.1, 0.15) is 206 Å². The number of hydrogen-bond acceptors (Lipinski definition) is 2. The molecule has 0 amide bonds. The van der Waals surface area contributed by atoms with E-state index in [0.29, 0.717) is 13.0 Å². The van der Waals surface area contributed by atoms with Crippen LogP contribution in [-0.4, -0.2) is 22.8 Å². The van der Waals surface area contributed by atoms with Crippen molar-refractivity contribution in [1.82, 2.24) is 0 Å². The monoisotopic (exact) mass is 553 g/mol. The summed E-state index contributed by atoms with van der Waals surface area (Å²) in [5.41, 5.74) is 0. The zero-order valence-corrected chi connectivity index (χ0v) is 26.9. The third-order valence-electron chi connectivity index (χ3n) is 8.97. The smallest absolute Gasteiger partial charge is 0.303 e. The Morgan fingerprint density at radius 2 is 0.718 bits per heavy atom. The zero-order chi connectivity index (χ0) is 28.7. The van der Waals surface area contributed by atoms with Gasteiger partial charge in [0.15, 0.2) is 0 Å². The Kier molecular flexibility index (Phi) is 31.5. The summed E-state index contributed by atoms with van der Waals surface area (Å²) in [7, 11) is 0. The molecule has 0 radical (unpaired) electrons. The topological polar surface area (TPSA) is 57.5 Å². The predicted molar refractivity (Wildman–Crippen MR) is 172 cm³/mol. The number of aliphatic hydroxyl groups excluding tert-OH is 1. The normalized spacial score (nSPS) is 13.1.